The fourth-order valence-corrected chi connectivity index (χ4v) is 1.27. The molecule has 82 valence electrons. The van der Waals surface area contributed by atoms with Crippen LogP contribution in [-0.2, 0) is 0 Å². The molecular formula is C9H6BrF3O2. The van der Waals surface area contributed by atoms with Crippen LogP contribution in [0.2, 0.25) is 0 Å². The van der Waals surface area contributed by atoms with Crippen LogP contribution in [0.1, 0.15) is 10.4 Å². The second-order valence-corrected chi connectivity index (χ2v) is 3.19. The van der Waals surface area contributed by atoms with Gasteiger partial charge in [-0.3, -0.25) is 4.79 Å². The van der Waals surface area contributed by atoms with Gasteiger partial charge in [0.25, 0.3) is 0 Å². The van der Waals surface area contributed by atoms with Crippen molar-refractivity contribution in [1.29, 1.82) is 0 Å². The lowest BCUT2D eigenvalue weighted by Crippen LogP contribution is -2.17. The topological polar surface area (TPSA) is 26.3 Å². The molecule has 0 aliphatic rings. The molecular weight excluding hydrogens is 277 g/mol. The lowest BCUT2D eigenvalue weighted by Gasteiger charge is -2.09. The zero-order valence-electron chi connectivity index (χ0n) is 7.34. The third kappa shape index (κ3) is 3.91. The highest BCUT2D eigenvalue weighted by molar-refractivity contribution is 9.09. The molecule has 1 rings (SSSR count). The number of Topliss-reactive ketones (excluding diaryl/α,β-unsaturated/α-hetero) is 1. The molecule has 0 amide bonds. The van der Waals surface area contributed by atoms with Crippen molar-refractivity contribution in [2.45, 2.75) is 6.36 Å². The number of ether oxygens (including phenoxy) is 1. The fraction of sp³-hybridized carbons (Fsp3) is 0.222. The predicted octanol–water partition coefficient (Wildman–Crippen LogP) is 3.16. The van der Waals surface area contributed by atoms with Gasteiger partial charge in [-0.2, -0.15) is 0 Å². The molecule has 0 aliphatic carbocycles. The highest BCUT2D eigenvalue weighted by Gasteiger charge is 2.31. The second-order valence-electron chi connectivity index (χ2n) is 2.63. The first-order chi connectivity index (χ1) is 6.92. The molecule has 6 heteroatoms. The smallest absolute Gasteiger partial charge is 0.406 e. The Labute approximate surface area is 92.2 Å². The Morgan fingerprint density at radius 2 is 2.07 bits per heavy atom. The van der Waals surface area contributed by atoms with Crippen LogP contribution in [0.3, 0.4) is 0 Å². The summed E-state index contributed by atoms with van der Waals surface area (Å²) < 4.78 is 39.2. The first kappa shape index (κ1) is 12.0. The third-order valence-electron chi connectivity index (χ3n) is 1.51. The average Bonchev–Trinajstić information content (AvgIpc) is 2.14. The van der Waals surface area contributed by atoms with Crippen molar-refractivity contribution in [2.75, 3.05) is 5.33 Å². The van der Waals surface area contributed by atoms with E-state index in [0.29, 0.717) is 0 Å². The summed E-state index contributed by atoms with van der Waals surface area (Å²) in [5, 5.41) is 0.0580. The number of rotatable bonds is 3. The van der Waals surface area contributed by atoms with Crippen molar-refractivity contribution in [1.82, 2.24) is 0 Å². The number of alkyl halides is 4. The van der Waals surface area contributed by atoms with Gasteiger partial charge in [-0.1, -0.05) is 28.1 Å². The number of halogens is 4. The SMILES string of the molecule is O=C(CBr)c1cccc(OC(F)(F)F)c1. The van der Waals surface area contributed by atoms with Gasteiger partial charge in [0.2, 0.25) is 0 Å². The van der Waals surface area contributed by atoms with E-state index in [-0.39, 0.29) is 16.7 Å². The van der Waals surface area contributed by atoms with Gasteiger partial charge in [-0.15, -0.1) is 13.2 Å². The first-order valence-corrected chi connectivity index (χ1v) is 4.99. The van der Waals surface area contributed by atoms with Crippen LogP contribution in [-0.4, -0.2) is 17.5 Å². The molecule has 2 nitrogen and oxygen atoms in total. The molecule has 0 atom stereocenters. The molecule has 0 fully saturated rings. The number of carbonyl (C=O) groups is 1. The van der Waals surface area contributed by atoms with E-state index in [1.807, 2.05) is 0 Å². The van der Waals surface area contributed by atoms with Gasteiger partial charge in [0.15, 0.2) is 5.78 Å². The van der Waals surface area contributed by atoms with Gasteiger partial charge >= 0.3 is 6.36 Å². The van der Waals surface area contributed by atoms with Crippen LogP contribution in [0.15, 0.2) is 24.3 Å². The molecule has 0 spiro atoms. The van der Waals surface area contributed by atoms with Crippen LogP contribution in [0.4, 0.5) is 13.2 Å². The molecule has 1 aromatic rings. The lowest BCUT2D eigenvalue weighted by molar-refractivity contribution is -0.274. The molecule has 15 heavy (non-hydrogen) atoms. The summed E-state index contributed by atoms with van der Waals surface area (Å²) in [4.78, 5) is 11.1. The van der Waals surface area contributed by atoms with Gasteiger partial charge in [0.1, 0.15) is 5.75 Å². The molecule has 0 aliphatic heterocycles. The maximum absolute atomic E-state index is 11.8. The van der Waals surface area contributed by atoms with Gasteiger partial charge in [0, 0.05) is 5.56 Å². The molecule has 0 radical (unpaired) electrons. The molecule has 0 N–H and O–H groups in total. The van der Waals surface area contributed by atoms with Crippen LogP contribution < -0.4 is 4.74 Å². The molecule has 1 aromatic carbocycles. The Bertz CT molecular complexity index is 363. The highest BCUT2D eigenvalue weighted by Crippen LogP contribution is 2.23. The number of hydrogen-bond acceptors (Lipinski definition) is 2. The summed E-state index contributed by atoms with van der Waals surface area (Å²) in [6.07, 6.45) is -4.74. The standard InChI is InChI=1S/C9H6BrF3O2/c10-5-8(14)6-2-1-3-7(4-6)15-9(11,12)13/h1-4H,5H2. The number of benzene rings is 1. The fourth-order valence-electron chi connectivity index (χ4n) is 0.944. The lowest BCUT2D eigenvalue weighted by atomic mass is 10.1. The van der Waals surface area contributed by atoms with Gasteiger partial charge in [-0.25, -0.2) is 0 Å². The summed E-state index contributed by atoms with van der Waals surface area (Å²) in [5.41, 5.74) is 0.175. The van der Waals surface area contributed by atoms with Gasteiger partial charge in [0.05, 0.1) is 5.33 Å². The number of hydrogen-bond donors (Lipinski definition) is 0. The van der Waals surface area contributed by atoms with Crippen molar-refractivity contribution < 1.29 is 22.7 Å². The molecule has 0 aromatic heterocycles. The quantitative estimate of drug-likeness (QED) is 0.629. The van der Waals surface area contributed by atoms with Crippen molar-refractivity contribution >= 4 is 21.7 Å². The van der Waals surface area contributed by atoms with E-state index in [1.165, 1.54) is 12.1 Å². The second kappa shape index (κ2) is 4.65. The number of carbonyl (C=O) groups excluding carboxylic acids is 1. The number of ketones is 1. The average molecular weight is 283 g/mol. The summed E-state index contributed by atoms with van der Waals surface area (Å²) in [6, 6.07) is 4.94. The van der Waals surface area contributed by atoms with Crippen LogP contribution in [0.5, 0.6) is 5.75 Å². The van der Waals surface area contributed by atoms with Crippen molar-refractivity contribution in [3.63, 3.8) is 0 Å². The Morgan fingerprint density at radius 1 is 1.40 bits per heavy atom. The van der Waals surface area contributed by atoms with E-state index < -0.39 is 12.1 Å². The molecule has 0 bridgehead atoms. The summed E-state index contributed by atoms with van der Waals surface area (Å²) >= 11 is 2.92. The summed E-state index contributed by atoms with van der Waals surface area (Å²) in [7, 11) is 0. The summed E-state index contributed by atoms with van der Waals surface area (Å²) in [5.74, 6) is -0.697. The highest BCUT2D eigenvalue weighted by atomic mass is 79.9. The predicted molar refractivity (Wildman–Crippen MR) is 51.2 cm³/mol. The minimum absolute atomic E-state index is 0.0580. The van der Waals surface area contributed by atoms with E-state index in [1.54, 1.807) is 0 Å². The van der Waals surface area contributed by atoms with Gasteiger partial charge in [-0.05, 0) is 12.1 Å². The Balaban J connectivity index is 2.88. The van der Waals surface area contributed by atoms with E-state index in [0.717, 1.165) is 12.1 Å². The minimum Gasteiger partial charge on any atom is -0.406 e. The maximum Gasteiger partial charge on any atom is 0.573 e. The van der Waals surface area contributed by atoms with Crippen LogP contribution in [0.25, 0.3) is 0 Å². The molecule has 0 heterocycles. The monoisotopic (exact) mass is 282 g/mol. The Kier molecular flexibility index (Phi) is 3.73. The molecule has 0 saturated carbocycles. The van der Waals surface area contributed by atoms with E-state index >= 15 is 0 Å². The van der Waals surface area contributed by atoms with Crippen molar-refractivity contribution in [2.24, 2.45) is 0 Å². The zero-order valence-corrected chi connectivity index (χ0v) is 8.93. The molecule has 0 unspecified atom stereocenters. The van der Waals surface area contributed by atoms with Crippen molar-refractivity contribution in [3.8, 4) is 5.75 Å². The van der Waals surface area contributed by atoms with Gasteiger partial charge < -0.3 is 4.74 Å². The first-order valence-electron chi connectivity index (χ1n) is 3.87. The van der Waals surface area contributed by atoms with E-state index in [4.69, 9.17) is 0 Å². The normalized spacial score (nSPS) is 11.2. The molecule has 0 saturated heterocycles. The largest absolute Gasteiger partial charge is 0.573 e. The maximum atomic E-state index is 11.8. The Hall–Kier alpha value is -1.04. The minimum atomic E-state index is -4.74. The van der Waals surface area contributed by atoms with Crippen LogP contribution >= 0.6 is 15.9 Å². The third-order valence-corrected chi connectivity index (χ3v) is 2.02. The van der Waals surface area contributed by atoms with E-state index in [9.17, 15) is 18.0 Å². The Morgan fingerprint density at radius 3 is 2.60 bits per heavy atom. The van der Waals surface area contributed by atoms with Crippen molar-refractivity contribution in [3.05, 3.63) is 29.8 Å². The summed E-state index contributed by atoms with van der Waals surface area (Å²) in [6.45, 7) is 0. The van der Waals surface area contributed by atoms with Crippen LogP contribution in [0, 0.1) is 0 Å². The van der Waals surface area contributed by atoms with E-state index in [2.05, 4.69) is 20.7 Å². The zero-order chi connectivity index (χ0) is 11.5.